The van der Waals surface area contributed by atoms with Crippen molar-refractivity contribution in [3.8, 4) is 0 Å². The predicted molar refractivity (Wildman–Crippen MR) is 75.3 cm³/mol. The average molecular weight is 283 g/mol. The molecule has 2 saturated heterocycles. The molecule has 0 saturated carbocycles. The van der Waals surface area contributed by atoms with Crippen molar-refractivity contribution in [2.75, 3.05) is 33.8 Å². The number of rotatable bonds is 3. The zero-order valence-corrected chi connectivity index (χ0v) is 12.6. The van der Waals surface area contributed by atoms with E-state index in [-0.39, 0.29) is 30.0 Å². The first-order valence-electron chi connectivity index (χ1n) is 7.41. The number of likely N-dealkylation sites (tertiary alicyclic amines) is 1. The first kappa shape index (κ1) is 15.1. The quantitative estimate of drug-likeness (QED) is 0.828. The van der Waals surface area contributed by atoms with Gasteiger partial charge in [0.25, 0.3) is 0 Å². The number of nitrogens with one attached hydrogen (secondary N) is 1. The maximum Gasteiger partial charge on any atom is 0.317 e. The zero-order valence-electron chi connectivity index (χ0n) is 12.6. The molecule has 0 aromatic rings. The molecule has 2 aliphatic rings. The topological polar surface area (TPSA) is 61.9 Å². The summed E-state index contributed by atoms with van der Waals surface area (Å²) in [6.07, 6.45) is 2.66. The molecule has 2 heterocycles. The highest BCUT2D eigenvalue weighted by Gasteiger charge is 2.34. The van der Waals surface area contributed by atoms with Gasteiger partial charge in [0.05, 0.1) is 18.1 Å². The predicted octanol–water partition coefficient (Wildman–Crippen LogP) is 0.674. The number of urea groups is 1. The summed E-state index contributed by atoms with van der Waals surface area (Å²) in [4.78, 5) is 27.5. The van der Waals surface area contributed by atoms with E-state index in [2.05, 4.69) is 12.2 Å². The van der Waals surface area contributed by atoms with Gasteiger partial charge in [-0.1, -0.05) is 6.92 Å². The van der Waals surface area contributed by atoms with Crippen LogP contribution >= 0.6 is 0 Å². The molecule has 1 unspecified atom stereocenters. The minimum Gasteiger partial charge on any atom is -0.376 e. The molecule has 3 atom stereocenters. The Balaban J connectivity index is 1.84. The molecule has 0 bridgehead atoms. The minimum atomic E-state index is -0.0620. The summed E-state index contributed by atoms with van der Waals surface area (Å²) < 4.78 is 5.58. The van der Waals surface area contributed by atoms with E-state index in [9.17, 15) is 9.59 Å². The number of hydrogen-bond donors (Lipinski definition) is 1. The van der Waals surface area contributed by atoms with E-state index in [1.165, 1.54) is 0 Å². The number of hydrogen-bond acceptors (Lipinski definition) is 3. The van der Waals surface area contributed by atoms with Crippen LogP contribution in [0.1, 0.15) is 26.2 Å². The highest BCUT2D eigenvalue weighted by Crippen LogP contribution is 2.20. The Bertz CT molecular complexity index is 373. The van der Waals surface area contributed by atoms with Crippen LogP contribution in [0.15, 0.2) is 0 Å². The van der Waals surface area contributed by atoms with Crippen molar-refractivity contribution >= 4 is 11.9 Å². The second kappa shape index (κ2) is 6.43. The molecule has 6 nitrogen and oxygen atoms in total. The normalized spacial score (nSPS) is 29.6. The van der Waals surface area contributed by atoms with E-state index in [4.69, 9.17) is 4.74 Å². The highest BCUT2D eigenvalue weighted by molar-refractivity contribution is 5.81. The van der Waals surface area contributed by atoms with Crippen LogP contribution in [0.4, 0.5) is 4.79 Å². The fraction of sp³-hybridized carbons (Fsp3) is 0.857. The van der Waals surface area contributed by atoms with Crippen LogP contribution in [0.25, 0.3) is 0 Å². The molecule has 2 fully saturated rings. The van der Waals surface area contributed by atoms with Gasteiger partial charge in [-0.3, -0.25) is 4.79 Å². The van der Waals surface area contributed by atoms with Crippen molar-refractivity contribution in [3.63, 3.8) is 0 Å². The molecule has 0 aromatic heterocycles. The summed E-state index contributed by atoms with van der Waals surface area (Å²) in [6, 6.07) is 0.0455. The number of carbonyl (C=O) groups is 2. The van der Waals surface area contributed by atoms with Gasteiger partial charge in [0, 0.05) is 33.8 Å². The molecule has 0 radical (unpaired) electrons. The van der Waals surface area contributed by atoms with Gasteiger partial charge in [-0.15, -0.1) is 0 Å². The Kier molecular flexibility index (Phi) is 4.86. The third-order valence-corrected chi connectivity index (χ3v) is 4.19. The molecular formula is C14H25N3O3. The maximum absolute atomic E-state index is 12.2. The van der Waals surface area contributed by atoms with E-state index >= 15 is 0 Å². The van der Waals surface area contributed by atoms with Crippen LogP contribution in [0.2, 0.25) is 0 Å². The molecule has 0 aliphatic carbocycles. The molecule has 0 aromatic carbocycles. The van der Waals surface area contributed by atoms with Crippen LogP contribution in [0, 0.1) is 5.92 Å². The summed E-state index contributed by atoms with van der Waals surface area (Å²) in [5.74, 6) is 0.0495. The van der Waals surface area contributed by atoms with E-state index in [1.54, 1.807) is 23.9 Å². The Labute approximate surface area is 120 Å². The van der Waals surface area contributed by atoms with Gasteiger partial charge in [-0.05, 0) is 19.3 Å². The molecule has 2 rings (SSSR count). The Morgan fingerprint density at radius 2 is 2.10 bits per heavy atom. The Hall–Kier alpha value is -1.30. The molecule has 114 valence electrons. The molecule has 0 spiro atoms. The van der Waals surface area contributed by atoms with E-state index in [1.807, 2.05) is 0 Å². The van der Waals surface area contributed by atoms with Gasteiger partial charge >= 0.3 is 6.03 Å². The third kappa shape index (κ3) is 3.23. The van der Waals surface area contributed by atoms with Crippen LogP contribution in [-0.2, 0) is 9.53 Å². The van der Waals surface area contributed by atoms with E-state index in [0.29, 0.717) is 19.7 Å². The fourth-order valence-electron chi connectivity index (χ4n) is 2.98. The van der Waals surface area contributed by atoms with Gasteiger partial charge in [0.1, 0.15) is 0 Å². The SMILES string of the molecule is CC[C@@H]1OCC[C@H]1NC(=O)N1CCC(C(=O)N(C)C)C1. The number of nitrogens with zero attached hydrogens (tertiary/aromatic N) is 2. The molecule has 1 N–H and O–H groups in total. The van der Waals surface area contributed by atoms with Crippen molar-refractivity contribution in [1.29, 1.82) is 0 Å². The smallest absolute Gasteiger partial charge is 0.317 e. The van der Waals surface area contributed by atoms with Crippen LogP contribution in [0.5, 0.6) is 0 Å². The summed E-state index contributed by atoms with van der Waals surface area (Å²) in [5, 5.41) is 3.05. The van der Waals surface area contributed by atoms with Gasteiger partial charge in [-0.2, -0.15) is 0 Å². The summed E-state index contributed by atoms with van der Waals surface area (Å²) in [6.45, 7) is 3.95. The lowest BCUT2D eigenvalue weighted by atomic mass is 10.1. The van der Waals surface area contributed by atoms with Crippen molar-refractivity contribution in [2.45, 2.75) is 38.3 Å². The zero-order chi connectivity index (χ0) is 14.7. The molecule has 2 aliphatic heterocycles. The first-order valence-corrected chi connectivity index (χ1v) is 7.41. The Morgan fingerprint density at radius 3 is 2.75 bits per heavy atom. The minimum absolute atomic E-state index is 0.0578. The first-order chi connectivity index (χ1) is 9.52. The molecule has 6 heteroatoms. The monoisotopic (exact) mass is 283 g/mol. The molecular weight excluding hydrogens is 258 g/mol. The lowest BCUT2D eigenvalue weighted by Crippen LogP contribution is -2.47. The molecule has 3 amide bonds. The third-order valence-electron chi connectivity index (χ3n) is 4.19. The van der Waals surface area contributed by atoms with E-state index < -0.39 is 0 Å². The number of carbonyl (C=O) groups excluding carboxylic acids is 2. The average Bonchev–Trinajstić information content (AvgIpc) is 3.06. The largest absolute Gasteiger partial charge is 0.376 e. The lowest BCUT2D eigenvalue weighted by Gasteiger charge is -2.23. The van der Waals surface area contributed by atoms with Gasteiger partial charge in [0.15, 0.2) is 0 Å². The maximum atomic E-state index is 12.2. The van der Waals surface area contributed by atoms with Gasteiger partial charge in [0.2, 0.25) is 5.91 Å². The van der Waals surface area contributed by atoms with Crippen molar-refractivity contribution in [2.24, 2.45) is 5.92 Å². The summed E-state index contributed by atoms with van der Waals surface area (Å²) in [5.41, 5.74) is 0. The summed E-state index contributed by atoms with van der Waals surface area (Å²) >= 11 is 0. The Morgan fingerprint density at radius 1 is 1.35 bits per heavy atom. The van der Waals surface area contributed by atoms with Crippen molar-refractivity contribution in [1.82, 2.24) is 15.1 Å². The number of amides is 3. The van der Waals surface area contributed by atoms with Crippen molar-refractivity contribution < 1.29 is 14.3 Å². The van der Waals surface area contributed by atoms with Gasteiger partial charge in [-0.25, -0.2) is 4.79 Å². The standard InChI is InChI=1S/C14H25N3O3/c1-4-12-11(6-8-20-12)15-14(19)17-7-5-10(9-17)13(18)16(2)3/h10-12H,4-9H2,1-3H3,(H,15,19)/t10?,11-,12+/m1/s1. The fourth-order valence-corrected chi connectivity index (χ4v) is 2.98. The summed E-state index contributed by atoms with van der Waals surface area (Å²) in [7, 11) is 3.51. The van der Waals surface area contributed by atoms with Crippen molar-refractivity contribution in [3.05, 3.63) is 0 Å². The lowest BCUT2D eigenvalue weighted by molar-refractivity contribution is -0.132. The van der Waals surface area contributed by atoms with Crippen LogP contribution in [0.3, 0.4) is 0 Å². The van der Waals surface area contributed by atoms with E-state index in [0.717, 1.165) is 19.3 Å². The van der Waals surface area contributed by atoms with Gasteiger partial charge < -0.3 is 19.9 Å². The second-order valence-corrected chi connectivity index (χ2v) is 5.83. The van der Waals surface area contributed by atoms with Crippen LogP contribution < -0.4 is 5.32 Å². The molecule has 20 heavy (non-hydrogen) atoms. The van der Waals surface area contributed by atoms with Crippen LogP contribution in [-0.4, -0.2) is 67.7 Å². The highest BCUT2D eigenvalue weighted by atomic mass is 16.5. The second-order valence-electron chi connectivity index (χ2n) is 5.83. The number of ether oxygens (including phenoxy) is 1.